The van der Waals surface area contributed by atoms with E-state index in [9.17, 15) is 4.79 Å². The van der Waals surface area contributed by atoms with Crippen molar-refractivity contribution in [3.8, 4) is 11.5 Å². The van der Waals surface area contributed by atoms with Gasteiger partial charge in [0.1, 0.15) is 5.60 Å². The number of methoxy groups -OCH3 is 1. The van der Waals surface area contributed by atoms with Crippen molar-refractivity contribution in [2.75, 3.05) is 12.4 Å². The Bertz CT molecular complexity index is 606. The van der Waals surface area contributed by atoms with Crippen molar-refractivity contribution in [3.05, 3.63) is 30.2 Å². The molecular formula is C14H17N3O3. The normalized spacial score (nSPS) is 11.4. The summed E-state index contributed by atoms with van der Waals surface area (Å²) in [7, 11) is 1.50. The van der Waals surface area contributed by atoms with Gasteiger partial charge in [-0.1, -0.05) is 6.07 Å². The number of benzene rings is 1. The predicted octanol–water partition coefficient (Wildman–Crippen LogP) is 2.41. The molecule has 1 aromatic heterocycles. The van der Waals surface area contributed by atoms with E-state index in [2.05, 4.69) is 15.5 Å². The van der Waals surface area contributed by atoms with E-state index in [0.29, 0.717) is 11.6 Å². The molecule has 2 rings (SSSR count). The van der Waals surface area contributed by atoms with Crippen LogP contribution in [0.4, 0.5) is 5.69 Å². The first-order valence-corrected chi connectivity index (χ1v) is 6.18. The summed E-state index contributed by atoms with van der Waals surface area (Å²) >= 11 is 0. The minimum Gasteiger partial charge on any atom is -0.423 e. The molecule has 0 atom stereocenters. The standard InChI is InChI=1S/C14H17N3O3/c1-9-5-6-10(12-17-15-8-20-12)7-11(9)16-13(18)14(2,3)19-4/h5-8H,1-4H3,(H,16,18). The molecule has 106 valence electrons. The second-order valence-corrected chi connectivity index (χ2v) is 4.94. The smallest absolute Gasteiger partial charge is 0.256 e. The van der Waals surface area contributed by atoms with Crippen molar-refractivity contribution in [1.29, 1.82) is 0 Å². The van der Waals surface area contributed by atoms with Crippen molar-refractivity contribution < 1.29 is 13.9 Å². The summed E-state index contributed by atoms with van der Waals surface area (Å²) in [6.45, 7) is 5.33. The first-order valence-electron chi connectivity index (χ1n) is 6.18. The number of carbonyl (C=O) groups is 1. The lowest BCUT2D eigenvalue weighted by Gasteiger charge is -2.22. The van der Waals surface area contributed by atoms with Crippen molar-refractivity contribution in [2.24, 2.45) is 0 Å². The summed E-state index contributed by atoms with van der Waals surface area (Å²) in [6.07, 6.45) is 1.27. The molecule has 20 heavy (non-hydrogen) atoms. The molecule has 6 nitrogen and oxygen atoms in total. The summed E-state index contributed by atoms with van der Waals surface area (Å²) in [4.78, 5) is 12.1. The molecule has 0 saturated heterocycles. The third-order valence-corrected chi connectivity index (χ3v) is 3.15. The molecule has 0 aliphatic rings. The topological polar surface area (TPSA) is 77.2 Å². The van der Waals surface area contributed by atoms with Crippen LogP contribution in [-0.4, -0.2) is 28.8 Å². The number of ether oxygens (including phenoxy) is 1. The molecule has 0 fully saturated rings. The van der Waals surface area contributed by atoms with Gasteiger partial charge in [0.25, 0.3) is 5.91 Å². The van der Waals surface area contributed by atoms with Gasteiger partial charge >= 0.3 is 0 Å². The molecule has 0 aliphatic heterocycles. The van der Waals surface area contributed by atoms with Gasteiger partial charge < -0.3 is 14.5 Å². The fraction of sp³-hybridized carbons (Fsp3) is 0.357. The molecule has 0 bridgehead atoms. The largest absolute Gasteiger partial charge is 0.423 e. The summed E-state index contributed by atoms with van der Waals surface area (Å²) in [5, 5.41) is 10.3. The van der Waals surface area contributed by atoms with E-state index in [1.807, 2.05) is 19.1 Å². The molecule has 1 aromatic carbocycles. The van der Waals surface area contributed by atoms with E-state index in [1.165, 1.54) is 13.5 Å². The maximum atomic E-state index is 12.1. The fourth-order valence-electron chi connectivity index (χ4n) is 1.55. The van der Waals surface area contributed by atoms with Crippen LogP contribution in [0.2, 0.25) is 0 Å². The van der Waals surface area contributed by atoms with E-state index < -0.39 is 5.60 Å². The Morgan fingerprint density at radius 3 is 2.75 bits per heavy atom. The average Bonchev–Trinajstić information content (AvgIpc) is 2.95. The number of hydrogen-bond donors (Lipinski definition) is 1. The fourth-order valence-corrected chi connectivity index (χ4v) is 1.55. The second kappa shape index (κ2) is 5.42. The van der Waals surface area contributed by atoms with Crippen LogP contribution >= 0.6 is 0 Å². The monoisotopic (exact) mass is 275 g/mol. The van der Waals surface area contributed by atoms with Crippen LogP contribution in [0.25, 0.3) is 11.5 Å². The van der Waals surface area contributed by atoms with Crippen LogP contribution in [0.5, 0.6) is 0 Å². The minimum absolute atomic E-state index is 0.217. The van der Waals surface area contributed by atoms with Crippen molar-refractivity contribution in [1.82, 2.24) is 10.2 Å². The zero-order chi connectivity index (χ0) is 14.8. The zero-order valence-electron chi connectivity index (χ0n) is 11.9. The van der Waals surface area contributed by atoms with Gasteiger partial charge in [0.2, 0.25) is 12.3 Å². The second-order valence-electron chi connectivity index (χ2n) is 4.94. The van der Waals surface area contributed by atoms with E-state index in [4.69, 9.17) is 9.15 Å². The number of nitrogens with one attached hydrogen (secondary N) is 1. The Kier molecular flexibility index (Phi) is 3.85. The summed E-state index contributed by atoms with van der Waals surface area (Å²) in [5.74, 6) is 0.192. The lowest BCUT2D eigenvalue weighted by atomic mass is 10.1. The highest BCUT2D eigenvalue weighted by Crippen LogP contribution is 2.24. The quantitative estimate of drug-likeness (QED) is 0.927. The van der Waals surface area contributed by atoms with Gasteiger partial charge in [-0.3, -0.25) is 4.79 Å². The number of nitrogens with zero attached hydrogens (tertiary/aromatic N) is 2. The third-order valence-electron chi connectivity index (χ3n) is 3.15. The van der Waals surface area contributed by atoms with Gasteiger partial charge in [-0.2, -0.15) is 0 Å². The highest BCUT2D eigenvalue weighted by atomic mass is 16.5. The van der Waals surface area contributed by atoms with E-state index in [0.717, 1.165) is 11.1 Å². The number of hydrogen-bond acceptors (Lipinski definition) is 5. The van der Waals surface area contributed by atoms with Gasteiger partial charge in [-0.25, -0.2) is 0 Å². The van der Waals surface area contributed by atoms with E-state index in [-0.39, 0.29) is 5.91 Å². The Hall–Kier alpha value is -2.21. The SMILES string of the molecule is COC(C)(C)C(=O)Nc1cc(-c2nnco2)ccc1C. The van der Waals surface area contributed by atoms with Crippen LogP contribution in [0, 0.1) is 6.92 Å². The van der Waals surface area contributed by atoms with Crippen molar-refractivity contribution in [3.63, 3.8) is 0 Å². The lowest BCUT2D eigenvalue weighted by molar-refractivity contribution is -0.133. The molecule has 0 radical (unpaired) electrons. The van der Waals surface area contributed by atoms with Crippen molar-refractivity contribution in [2.45, 2.75) is 26.4 Å². The molecule has 0 aliphatic carbocycles. The number of aromatic nitrogens is 2. The van der Waals surface area contributed by atoms with Crippen molar-refractivity contribution >= 4 is 11.6 Å². The zero-order valence-corrected chi connectivity index (χ0v) is 11.9. The van der Waals surface area contributed by atoms with E-state index in [1.54, 1.807) is 19.9 Å². The molecule has 0 spiro atoms. The van der Waals surface area contributed by atoms with Crippen LogP contribution < -0.4 is 5.32 Å². The number of anilines is 1. The molecule has 1 N–H and O–H groups in total. The summed E-state index contributed by atoms with van der Waals surface area (Å²) < 4.78 is 10.3. The van der Waals surface area contributed by atoms with Crippen LogP contribution in [-0.2, 0) is 9.53 Å². The molecular weight excluding hydrogens is 258 g/mol. The Morgan fingerprint density at radius 1 is 1.40 bits per heavy atom. The Morgan fingerprint density at radius 2 is 2.15 bits per heavy atom. The molecule has 2 aromatic rings. The maximum absolute atomic E-state index is 12.1. The molecule has 6 heteroatoms. The highest BCUT2D eigenvalue weighted by Gasteiger charge is 2.27. The number of aryl methyl sites for hydroxylation is 1. The predicted molar refractivity (Wildman–Crippen MR) is 74.2 cm³/mol. The molecule has 0 saturated carbocycles. The Balaban J connectivity index is 2.28. The lowest BCUT2D eigenvalue weighted by Crippen LogP contribution is -2.38. The number of amides is 1. The van der Waals surface area contributed by atoms with Crippen LogP contribution in [0.1, 0.15) is 19.4 Å². The number of carbonyl (C=O) groups excluding carboxylic acids is 1. The van der Waals surface area contributed by atoms with Gasteiger partial charge in [-0.15, -0.1) is 10.2 Å². The van der Waals surface area contributed by atoms with Crippen LogP contribution in [0.3, 0.4) is 0 Å². The molecule has 0 unspecified atom stereocenters. The minimum atomic E-state index is -0.896. The van der Waals surface area contributed by atoms with Crippen LogP contribution in [0.15, 0.2) is 29.0 Å². The van der Waals surface area contributed by atoms with Gasteiger partial charge in [0.05, 0.1) is 0 Å². The maximum Gasteiger partial charge on any atom is 0.256 e. The number of rotatable bonds is 4. The van der Waals surface area contributed by atoms with E-state index >= 15 is 0 Å². The van der Waals surface area contributed by atoms with Gasteiger partial charge in [0.15, 0.2) is 0 Å². The Labute approximate surface area is 117 Å². The molecule has 1 amide bonds. The third kappa shape index (κ3) is 2.85. The van der Waals surface area contributed by atoms with Gasteiger partial charge in [0, 0.05) is 18.4 Å². The molecule has 1 heterocycles. The first-order chi connectivity index (χ1) is 9.44. The average molecular weight is 275 g/mol. The first kappa shape index (κ1) is 14.2. The summed E-state index contributed by atoms with van der Waals surface area (Å²) in [5.41, 5.74) is 1.48. The highest BCUT2D eigenvalue weighted by molar-refractivity contribution is 5.97. The summed E-state index contributed by atoms with van der Waals surface area (Å²) in [6, 6.07) is 5.54. The van der Waals surface area contributed by atoms with Gasteiger partial charge in [-0.05, 0) is 38.5 Å².